The number of benzene rings is 1. The van der Waals surface area contributed by atoms with E-state index in [1.807, 2.05) is 25.1 Å². The SMILES string of the molecule is Cc1cc(C#CCN)cc(NC(=O)CC2CCCO2)c1. The normalized spacial score (nSPS) is 17.4. The lowest BCUT2D eigenvalue weighted by atomic mass is 10.1. The van der Waals surface area contributed by atoms with Gasteiger partial charge in [0.25, 0.3) is 0 Å². The minimum atomic E-state index is -0.0137. The van der Waals surface area contributed by atoms with Crippen LogP contribution >= 0.6 is 0 Å². The number of ether oxygens (including phenoxy) is 1. The highest BCUT2D eigenvalue weighted by atomic mass is 16.5. The molecular weight excluding hydrogens is 252 g/mol. The minimum absolute atomic E-state index is 0.0137. The number of carbonyl (C=O) groups excluding carboxylic acids is 1. The van der Waals surface area contributed by atoms with Crippen LogP contribution in [0.4, 0.5) is 5.69 Å². The van der Waals surface area contributed by atoms with Crippen molar-refractivity contribution in [1.82, 2.24) is 0 Å². The van der Waals surface area contributed by atoms with Crippen LogP contribution in [-0.2, 0) is 9.53 Å². The first kappa shape index (κ1) is 14.6. The highest BCUT2D eigenvalue weighted by Gasteiger charge is 2.19. The van der Waals surface area contributed by atoms with Gasteiger partial charge in [0.2, 0.25) is 5.91 Å². The van der Waals surface area contributed by atoms with Crippen molar-refractivity contribution in [2.24, 2.45) is 5.73 Å². The van der Waals surface area contributed by atoms with Gasteiger partial charge in [-0.3, -0.25) is 4.79 Å². The smallest absolute Gasteiger partial charge is 0.226 e. The summed E-state index contributed by atoms with van der Waals surface area (Å²) in [6, 6.07) is 5.77. The largest absolute Gasteiger partial charge is 0.378 e. The molecule has 1 fully saturated rings. The number of hydrogen-bond donors (Lipinski definition) is 2. The second-order valence-electron chi connectivity index (χ2n) is 4.98. The fourth-order valence-corrected chi connectivity index (χ4v) is 2.30. The van der Waals surface area contributed by atoms with Crippen molar-refractivity contribution >= 4 is 11.6 Å². The van der Waals surface area contributed by atoms with Crippen LogP contribution in [0.5, 0.6) is 0 Å². The van der Waals surface area contributed by atoms with Crippen LogP contribution in [0, 0.1) is 18.8 Å². The van der Waals surface area contributed by atoms with Gasteiger partial charge >= 0.3 is 0 Å². The zero-order valence-corrected chi connectivity index (χ0v) is 11.7. The maximum absolute atomic E-state index is 12.0. The Morgan fingerprint density at radius 3 is 3.05 bits per heavy atom. The Balaban J connectivity index is 2.00. The number of nitrogens with two attached hydrogens (primary N) is 1. The Labute approximate surface area is 119 Å². The number of amides is 1. The summed E-state index contributed by atoms with van der Waals surface area (Å²) in [6.45, 7) is 3.07. The molecule has 0 bridgehead atoms. The Hall–Kier alpha value is -1.83. The van der Waals surface area contributed by atoms with E-state index in [9.17, 15) is 4.79 Å². The Morgan fingerprint density at radius 1 is 1.50 bits per heavy atom. The number of carbonyl (C=O) groups is 1. The molecule has 1 aliphatic rings. The summed E-state index contributed by atoms with van der Waals surface area (Å²) in [6.07, 6.45) is 2.49. The van der Waals surface area contributed by atoms with Crippen LogP contribution in [0.1, 0.15) is 30.4 Å². The van der Waals surface area contributed by atoms with Crippen LogP contribution in [0.15, 0.2) is 18.2 Å². The molecule has 4 heteroatoms. The van der Waals surface area contributed by atoms with Crippen molar-refractivity contribution in [2.75, 3.05) is 18.5 Å². The summed E-state index contributed by atoms with van der Waals surface area (Å²) in [5.74, 6) is 5.78. The third-order valence-electron chi connectivity index (χ3n) is 3.13. The molecule has 1 atom stereocenters. The second kappa shape index (κ2) is 7.09. The van der Waals surface area contributed by atoms with Gasteiger partial charge in [0.15, 0.2) is 0 Å². The molecule has 0 spiro atoms. The molecule has 1 unspecified atom stereocenters. The molecule has 0 saturated carbocycles. The summed E-state index contributed by atoms with van der Waals surface area (Å²) >= 11 is 0. The van der Waals surface area contributed by atoms with Gasteiger partial charge < -0.3 is 15.8 Å². The van der Waals surface area contributed by atoms with Crippen molar-refractivity contribution in [3.8, 4) is 11.8 Å². The Kier molecular flexibility index (Phi) is 5.16. The van der Waals surface area contributed by atoms with E-state index >= 15 is 0 Å². The van der Waals surface area contributed by atoms with Gasteiger partial charge in [-0.05, 0) is 43.5 Å². The van der Waals surface area contributed by atoms with Crippen LogP contribution < -0.4 is 11.1 Å². The number of nitrogens with one attached hydrogen (secondary N) is 1. The second-order valence-corrected chi connectivity index (χ2v) is 4.98. The third kappa shape index (κ3) is 4.37. The molecule has 1 heterocycles. The lowest BCUT2D eigenvalue weighted by Gasteiger charge is -2.10. The molecule has 1 aromatic rings. The number of hydrogen-bond acceptors (Lipinski definition) is 3. The van der Waals surface area contributed by atoms with Crippen molar-refractivity contribution in [3.63, 3.8) is 0 Å². The van der Waals surface area contributed by atoms with E-state index < -0.39 is 0 Å². The molecule has 0 radical (unpaired) electrons. The molecule has 1 amide bonds. The van der Waals surface area contributed by atoms with Crippen LogP contribution in [-0.4, -0.2) is 25.2 Å². The quantitative estimate of drug-likeness (QED) is 0.825. The molecule has 4 nitrogen and oxygen atoms in total. The van der Waals surface area contributed by atoms with Crippen molar-refractivity contribution in [1.29, 1.82) is 0 Å². The van der Waals surface area contributed by atoms with E-state index in [2.05, 4.69) is 17.2 Å². The van der Waals surface area contributed by atoms with Crippen molar-refractivity contribution < 1.29 is 9.53 Å². The first-order valence-electron chi connectivity index (χ1n) is 6.89. The molecule has 1 saturated heterocycles. The van der Waals surface area contributed by atoms with Gasteiger partial charge in [0.05, 0.1) is 19.1 Å². The highest BCUT2D eigenvalue weighted by molar-refractivity contribution is 5.91. The van der Waals surface area contributed by atoms with Gasteiger partial charge in [0, 0.05) is 17.9 Å². The molecule has 1 aromatic carbocycles. The average Bonchev–Trinajstić information content (AvgIpc) is 2.88. The topological polar surface area (TPSA) is 64.3 Å². The zero-order chi connectivity index (χ0) is 14.4. The third-order valence-corrected chi connectivity index (χ3v) is 3.13. The summed E-state index contributed by atoms with van der Waals surface area (Å²) in [4.78, 5) is 12.0. The molecule has 0 aromatic heterocycles. The summed E-state index contributed by atoms with van der Waals surface area (Å²) in [5, 5.41) is 2.91. The molecule has 1 aliphatic heterocycles. The number of rotatable bonds is 3. The molecule has 0 aliphatic carbocycles. The van der Waals surface area contributed by atoms with Gasteiger partial charge in [0.1, 0.15) is 0 Å². The molecule has 106 valence electrons. The maximum Gasteiger partial charge on any atom is 0.226 e. The van der Waals surface area contributed by atoms with Crippen LogP contribution in [0.3, 0.4) is 0 Å². The summed E-state index contributed by atoms with van der Waals surface area (Å²) in [7, 11) is 0. The minimum Gasteiger partial charge on any atom is -0.378 e. The predicted octanol–water partition coefficient (Wildman–Crippen LogP) is 1.81. The van der Waals surface area contributed by atoms with E-state index in [0.717, 1.165) is 36.3 Å². The summed E-state index contributed by atoms with van der Waals surface area (Å²) < 4.78 is 5.46. The Morgan fingerprint density at radius 2 is 2.35 bits per heavy atom. The van der Waals surface area contributed by atoms with E-state index in [1.54, 1.807) is 0 Å². The van der Waals surface area contributed by atoms with E-state index in [1.165, 1.54) is 0 Å². The fourth-order valence-electron chi connectivity index (χ4n) is 2.30. The van der Waals surface area contributed by atoms with E-state index in [0.29, 0.717) is 13.0 Å². The number of aryl methyl sites for hydroxylation is 1. The number of anilines is 1. The molecule has 3 N–H and O–H groups in total. The molecule has 20 heavy (non-hydrogen) atoms. The zero-order valence-electron chi connectivity index (χ0n) is 11.7. The molecular formula is C16H20N2O2. The first-order chi connectivity index (χ1) is 9.67. The van der Waals surface area contributed by atoms with Gasteiger partial charge in [-0.1, -0.05) is 11.8 Å². The Bertz CT molecular complexity index is 537. The van der Waals surface area contributed by atoms with Crippen molar-refractivity contribution in [3.05, 3.63) is 29.3 Å². The van der Waals surface area contributed by atoms with Crippen LogP contribution in [0.2, 0.25) is 0 Å². The van der Waals surface area contributed by atoms with Crippen LogP contribution in [0.25, 0.3) is 0 Å². The van der Waals surface area contributed by atoms with Gasteiger partial charge in [-0.2, -0.15) is 0 Å². The lowest BCUT2D eigenvalue weighted by Crippen LogP contribution is -2.19. The van der Waals surface area contributed by atoms with Gasteiger partial charge in [-0.25, -0.2) is 0 Å². The van der Waals surface area contributed by atoms with E-state index in [-0.39, 0.29) is 12.0 Å². The van der Waals surface area contributed by atoms with Crippen molar-refractivity contribution in [2.45, 2.75) is 32.3 Å². The lowest BCUT2D eigenvalue weighted by molar-refractivity contribution is -0.118. The summed E-state index contributed by atoms with van der Waals surface area (Å²) in [5.41, 5.74) is 8.06. The standard InChI is InChI=1S/C16H20N2O2/c1-12-8-13(4-2-6-17)10-14(9-12)18-16(19)11-15-5-3-7-20-15/h8-10,15H,3,5-7,11,17H2,1H3,(H,18,19). The van der Waals surface area contributed by atoms with E-state index in [4.69, 9.17) is 10.5 Å². The average molecular weight is 272 g/mol. The fraction of sp³-hybridized carbons (Fsp3) is 0.438. The first-order valence-corrected chi connectivity index (χ1v) is 6.89. The maximum atomic E-state index is 12.0. The van der Waals surface area contributed by atoms with Gasteiger partial charge in [-0.15, -0.1) is 0 Å². The molecule has 2 rings (SSSR count). The highest BCUT2D eigenvalue weighted by Crippen LogP contribution is 2.18. The monoisotopic (exact) mass is 272 g/mol. The predicted molar refractivity (Wildman–Crippen MR) is 79.3 cm³/mol.